The van der Waals surface area contributed by atoms with Gasteiger partial charge in [-0.25, -0.2) is 4.98 Å². The molecule has 2 bridgehead atoms. The highest BCUT2D eigenvalue weighted by Gasteiger charge is 2.40. The standard InChI is InChI=1S/C16H18N4O2/c17-11-4-2-1-3-10(11)14-8-18-16(22-14)15(21)20-13-7-9-5-6-12(13)19-9/h1-4,8-9,12-13,19H,5-7,17H2,(H,20,21)/t9-,12+,13-/m1/s1. The van der Waals surface area contributed by atoms with Gasteiger partial charge < -0.3 is 20.8 Å². The summed E-state index contributed by atoms with van der Waals surface area (Å²) < 4.78 is 5.58. The number of nitrogens with one attached hydrogen (secondary N) is 2. The predicted molar refractivity (Wildman–Crippen MR) is 82.2 cm³/mol. The Morgan fingerprint density at radius 3 is 2.95 bits per heavy atom. The molecule has 0 saturated carbocycles. The first-order valence-corrected chi connectivity index (χ1v) is 7.58. The first kappa shape index (κ1) is 13.3. The van der Waals surface area contributed by atoms with Crippen molar-refractivity contribution in [2.45, 2.75) is 37.4 Å². The number of nitrogen functional groups attached to an aromatic ring is 1. The first-order chi connectivity index (χ1) is 10.7. The molecule has 22 heavy (non-hydrogen) atoms. The van der Waals surface area contributed by atoms with Crippen LogP contribution in [0, 0.1) is 0 Å². The van der Waals surface area contributed by atoms with Gasteiger partial charge in [0.05, 0.1) is 6.20 Å². The van der Waals surface area contributed by atoms with Crippen molar-refractivity contribution >= 4 is 11.6 Å². The van der Waals surface area contributed by atoms with E-state index in [4.69, 9.17) is 10.2 Å². The predicted octanol–water partition coefficient (Wildman–Crippen LogP) is 1.55. The van der Waals surface area contributed by atoms with Gasteiger partial charge in [0.25, 0.3) is 5.89 Å². The molecule has 4 N–H and O–H groups in total. The lowest BCUT2D eigenvalue weighted by Crippen LogP contribution is -2.43. The average molecular weight is 298 g/mol. The van der Waals surface area contributed by atoms with Crippen LogP contribution in [0.25, 0.3) is 11.3 Å². The molecule has 2 aliphatic heterocycles. The maximum absolute atomic E-state index is 12.3. The number of hydrogen-bond acceptors (Lipinski definition) is 5. The van der Waals surface area contributed by atoms with Crippen LogP contribution in [0.1, 0.15) is 29.9 Å². The molecule has 0 spiro atoms. The molecule has 2 saturated heterocycles. The van der Waals surface area contributed by atoms with Crippen LogP contribution in [0.2, 0.25) is 0 Å². The Bertz CT molecular complexity index is 712. The molecule has 1 aromatic heterocycles. The summed E-state index contributed by atoms with van der Waals surface area (Å²) in [5, 5.41) is 6.51. The third kappa shape index (κ3) is 2.25. The maximum Gasteiger partial charge on any atom is 0.307 e. The van der Waals surface area contributed by atoms with Crippen molar-refractivity contribution in [1.29, 1.82) is 0 Å². The number of aromatic nitrogens is 1. The topological polar surface area (TPSA) is 93.2 Å². The number of carbonyl (C=O) groups is 1. The summed E-state index contributed by atoms with van der Waals surface area (Å²) in [5.74, 6) is 0.329. The lowest BCUT2D eigenvalue weighted by molar-refractivity contribution is 0.0896. The zero-order valence-corrected chi connectivity index (χ0v) is 12.1. The molecule has 3 heterocycles. The molecular formula is C16H18N4O2. The van der Waals surface area contributed by atoms with Crippen molar-refractivity contribution in [2.75, 3.05) is 5.73 Å². The number of benzene rings is 1. The van der Waals surface area contributed by atoms with E-state index >= 15 is 0 Å². The second-order valence-corrected chi connectivity index (χ2v) is 5.98. The van der Waals surface area contributed by atoms with E-state index in [-0.39, 0.29) is 17.8 Å². The van der Waals surface area contributed by atoms with Gasteiger partial charge in [-0.15, -0.1) is 0 Å². The molecule has 2 aliphatic rings. The number of rotatable bonds is 3. The highest BCUT2D eigenvalue weighted by atomic mass is 16.4. The van der Waals surface area contributed by atoms with Crippen LogP contribution >= 0.6 is 0 Å². The van der Waals surface area contributed by atoms with Crippen LogP contribution in [0.15, 0.2) is 34.9 Å². The summed E-state index contributed by atoms with van der Waals surface area (Å²) in [7, 11) is 0. The van der Waals surface area contributed by atoms with Crippen LogP contribution in [-0.4, -0.2) is 29.0 Å². The molecule has 6 heteroatoms. The quantitative estimate of drug-likeness (QED) is 0.748. The Morgan fingerprint density at radius 1 is 1.36 bits per heavy atom. The van der Waals surface area contributed by atoms with Gasteiger partial charge in [0.15, 0.2) is 5.76 Å². The highest BCUT2D eigenvalue weighted by Crippen LogP contribution is 2.29. The van der Waals surface area contributed by atoms with E-state index in [2.05, 4.69) is 15.6 Å². The molecule has 114 valence electrons. The molecule has 0 radical (unpaired) electrons. The van der Waals surface area contributed by atoms with Crippen molar-refractivity contribution in [2.24, 2.45) is 0 Å². The maximum atomic E-state index is 12.3. The second kappa shape index (κ2) is 5.14. The van der Waals surface area contributed by atoms with Gasteiger partial charge in [0.1, 0.15) is 0 Å². The molecule has 1 amide bonds. The van der Waals surface area contributed by atoms with Crippen molar-refractivity contribution in [3.63, 3.8) is 0 Å². The van der Waals surface area contributed by atoms with Crippen molar-refractivity contribution < 1.29 is 9.21 Å². The molecule has 0 aliphatic carbocycles. The molecule has 0 unspecified atom stereocenters. The molecular weight excluding hydrogens is 280 g/mol. The Hall–Kier alpha value is -2.34. The lowest BCUT2D eigenvalue weighted by Gasteiger charge is -2.20. The third-order valence-corrected chi connectivity index (χ3v) is 4.54. The van der Waals surface area contributed by atoms with E-state index in [0.717, 1.165) is 18.4 Å². The number of anilines is 1. The van der Waals surface area contributed by atoms with E-state index in [0.29, 0.717) is 23.5 Å². The lowest BCUT2D eigenvalue weighted by atomic mass is 9.95. The summed E-state index contributed by atoms with van der Waals surface area (Å²) in [6.45, 7) is 0. The number of hydrogen-bond donors (Lipinski definition) is 3. The Labute approximate surface area is 128 Å². The van der Waals surface area contributed by atoms with Gasteiger partial charge >= 0.3 is 5.91 Å². The zero-order chi connectivity index (χ0) is 15.1. The number of fused-ring (bicyclic) bond motifs is 2. The minimum atomic E-state index is -0.264. The fourth-order valence-corrected chi connectivity index (χ4v) is 3.44. The molecule has 2 fully saturated rings. The number of amides is 1. The van der Waals surface area contributed by atoms with E-state index in [1.165, 1.54) is 6.42 Å². The van der Waals surface area contributed by atoms with Crippen LogP contribution in [0.4, 0.5) is 5.69 Å². The van der Waals surface area contributed by atoms with Crippen molar-refractivity contribution in [3.05, 3.63) is 36.4 Å². The molecule has 2 aromatic rings. The van der Waals surface area contributed by atoms with Crippen LogP contribution in [-0.2, 0) is 0 Å². The monoisotopic (exact) mass is 298 g/mol. The van der Waals surface area contributed by atoms with Gasteiger partial charge in [0, 0.05) is 29.4 Å². The molecule has 6 nitrogen and oxygen atoms in total. The summed E-state index contributed by atoms with van der Waals surface area (Å²) in [6.07, 6.45) is 4.84. The molecule has 3 atom stereocenters. The first-order valence-electron chi connectivity index (χ1n) is 7.58. The number of nitrogens with two attached hydrogens (primary N) is 1. The van der Waals surface area contributed by atoms with Gasteiger partial charge in [0.2, 0.25) is 0 Å². The molecule has 1 aromatic carbocycles. The second-order valence-electron chi connectivity index (χ2n) is 5.98. The Balaban J connectivity index is 1.49. The van der Waals surface area contributed by atoms with Gasteiger partial charge in [-0.2, -0.15) is 0 Å². The fourth-order valence-electron chi connectivity index (χ4n) is 3.44. The largest absolute Gasteiger partial charge is 0.432 e. The van der Waals surface area contributed by atoms with E-state index in [9.17, 15) is 4.79 Å². The summed E-state index contributed by atoms with van der Waals surface area (Å²) in [4.78, 5) is 16.4. The van der Waals surface area contributed by atoms with E-state index in [1.807, 2.05) is 18.2 Å². The SMILES string of the molecule is Nc1ccccc1-c1cnc(C(=O)N[C@@H]2C[C@H]3CC[C@@H]2N3)o1. The van der Waals surface area contributed by atoms with E-state index in [1.54, 1.807) is 12.3 Å². The minimum absolute atomic E-state index is 0.0843. The van der Waals surface area contributed by atoms with Crippen molar-refractivity contribution in [3.8, 4) is 11.3 Å². The number of nitrogens with zero attached hydrogens (tertiary/aromatic N) is 1. The fraction of sp³-hybridized carbons (Fsp3) is 0.375. The van der Waals surface area contributed by atoms with Crippen LogP contribution in [0.5, 0.6) is 0 Å². The summed E-state index contributed by atoms with van der Waals surface area (Å²) in [6, 6.07) is 8.45. The number of carbonyl (C=O) groups excluding carboxylic acids is 1. The van der Waals surface area contributed by atoms with Gasteiger partial charge in [-0.05, 0) is 31.4 Å². The third-order valence-electron chi connectivity index (χ3n) is 4.54. The van der Waals surface area contributed by atoms with Crippen LogP contribution in [0.3, 0.4) is 0 Å². The number of para-hydroxylation sites is 1. The highest BCUT2D eigenvalue weighted by molar-refractivity contribution is 5.90. The Kier molecular flexibility index (Phi) is 3.11. The average Bonchev–Trinajstić information content (AvgIpc) is 3.24. The molecule has 4 rings (SSSR count). The Morgan fingerprint density at radius 2 is 2.23 bits per heavy atom. The van der Waals surface area contributed by atoms with Crippen molar-refractivity contribution in [1.82, 2.24) is 15.6 Å². The number of oxazole rings is 1. The normalized spacial score (nSPS) is 26.3. The van der Waals surface area contributed by atoms with Crippen LogP contribution < -0.4 is 16.4 Å². The van der Waals surface area contributed by atoms with Gasteiger partial charge in [-0.1, -0.05) is 12.1 Å². The van der Waals surface area contributed by atoms with E-state index < -0.39 is 0 Å². The smallest absolute Gasteiger partial charge is 0.307 e. The zero-order valence-electron chi connectivity index (χ0n) is 12.1. The summed E-state index contributed by atoms with van der Waals surface area (Å²) >= 11 is 0. The minimum Gasteiger partial charge on any atom is -0.432 e. The van der Waals surface area contributed by atoms with Gasteiger partial charge in [-0.3, -0.25) is 4.79 Å². The summed E-state index contributed by atoms with van der Waals surface area (Å²) in [5.41, 5.74) is 7.26.